The van der Waals surface area contributed by atoms with Crippen molar-refractivity contribution in [3.05, 3.63) is 100 Å². The molecule has 10 nitrogen and oxygen atoms in total. The van der Waals surface area contributed by atoms with Gasteiger partial charge in [-0.25, -0.2) is 19.9 Å². The molecule has 0 unspecified atom stereocenters. The summed E-state index contributed by atoms with van der Waals surface area (Å²) in [7, 11) is -1.34. The molecule has 192 valence electrons. The molecule has 0 bridgehead atoms. The Morgan fingerprint density at radius 1 is 0.658 bits per heavy atom. The Morgan fingerprint density at radius 3 is 1.71 bits per heavy atom. The molecule has 0 fully saturated rings. The molecule has 2 N–H and O–H groups in total. The minimum Gasteiger partial charge on any atom is -0.423 e. The smallest absolute Gasteiger partial charge is 0.423 e. The maximum atomic E-state index is 8.58. The summed E-state index contributed by atoms with van der Waals surface area (Å²) in [6.45, 7) is 3.62. The van der Waals surface area contributed by atoms with Gasteiger partial charge in [-0.15, -0.1) is 10.2 Å². The topological polar surface area (TPSA) is 127 Å². The average molecular weight is 570 g/mol. The number of fused-ring (bicyclic) bond motifs is 2. The maximum Gasteiger partial charge on any atom is 0.488 e. The van der Waals surface area contributed by atoms with Crippen molar-refractivity contribution in [3.63, 3.8) is 0 Å². The molecule has 0 saturated carbocycles. The normalized spacial score (nSPS) is 10.5. The summed E-state index contributed by atoms with van der Waals surface area (Å²) in [5.74, 6) is 2.04. The van der Waals surface area contributed by atoms with Gasteiger partial charge in [-0.05, 0) is 30.9 Å². The van der Waals surface area contributed by atoms with Crippen LogP contribution in [0.1, 0.15) is 11.6 Å². The molecule has 6 rings (SSSR count). The molecule has 0 radical (unpaired) electrons. The summed E-state index contributed by atoms with van der Waals surface area (Å²) in [6, 6.07) is 21.8. The third-order valence-corrected chi connectivity index (χ3v) is 5.52. The van der Waals surface area contributed by atoms with E-state index in [0.717, 1.165) is 5.56 Å². The van der Waals surface area contributed by atoms with Crippen LogP contribution in [0, 0.1) is 13.8 Å². The van der Waals surface area contributed by atoms with Crippen LogP contribution >= 0.6 is 34.8 Å². The van der Waals surface area contributed by atoms with E-state index in [1.54, 1.807) is 47.8 Å². The summed E-state index contributed by atoms with van der Waals surface area (Å²) in [4.78, 5) is 16.5. The van der Waals surface area contributed by atoms with Crippen molar-refractivity contribution in [2.75, 3.05) is 0 Å². The Bertz CT molecular complexity index is 1660. The predicted octanol–water partition coefficient (Wildman–Crippen LogP) is 3.86. The zero-order valence-corrected chi connectivity index (χ0v) is 22.4. The third kappa shape index (κ3) is 6.83. The molecular weight excluding hydrogens is 549 g/mol. The van der Waals surface area contributed by atoms with Gasteiger partial charge in [-0.3, -0.25) is 0 Å². The summed E-state index contributed by atoms with van der Waals surface area (Å²) >= 11 is 17.4. The van der Waals surface area contributed by atoms with Crippen molar-refractivity contribution in [1.29, 1.82) is 0 Å². The zero-order valence-electron chi connectivity index (χ0n) is 20.1. The Hall–Kier alpha value is -3.61. The van der Waals surface area contributed by atoms with Crippen LogP contribution in [0.4, 0.5) is 0 Å². The Balaban J connectivity index is 0.000000141. The van der Waals surface area contributed by atoms with E-state index in [9.17, 15) is 0 Å². The van der Waals surface area contributed by atoms with Gasteiger partial charge < -0.3 is 10.0 Å². The minimum atomic E-state index is -1.34. The van der Waals surface area contributed by atoms with E-state index in [2.05, 4.69) is 30.1 Å². The molecule has 0 aliphatic heterocycles. The third-order valence-electron chi connectivity index (χ3n) is 4.89. The van der Waals surface area contributed by atoms with E-state index >= 15 is 0 Å². The van der Waals surface area contributed by atoms with E-state index in [1.165, 1.54) is 4.52 Å². The highest BCUT2D eigenvalue weighted by Crippen LogP contribution is 2.20. The van der Waals surface area contributed by atoms with Crippen molar-refractivity contribution in [3.8, 4) is 11.4 Å². The van der Waals surface area contributed by atoms with Crippen molar-refractivity contribution in [2.24, 2.45) is 0 Å². The lowest BCUT2D eigenvalue weighted by Gasteiger charge is -2.03. The minimum absolute atomic E-state index is 0.220. The van der Waals surface area contributed by atoms with Gasteiger partial charge in [0.05, 0.1) is 0 Å². The first-order valence-electron chi connectivity index (χ1n) is 11.1. The fourth-order valence-electron chi connectivity index (χ4n) is 3.30. The Labute approximate surface area is 232 Å². The molecule has 0 saturated heterocycles. The summed E-state index contributed by atoms with van der Waals surface area (Å²) in [6.07, 6.45) is 0. The summed E-state index contributed by atoms with van der Waals surface area (Å²) in [5, 5.41) is 26.4. The second kappa shape index (κ2) is 12.3. The standard InChI is InChI=1S/C12H9ClN4.C6H7BO2.C6H4Cl2N4/c1-8-14-11-7-10(13)15-12(17(11)16-8)9-5-3-2-4-6-9;8-7(9)6-4-2-1-3-5-6;1-3-9-5-2-4(7)10-6(8)12(5)11-3/h2-7H,1H3;1-5,8-9H;2H,1H3. The van der Waals surface area contributed by atoms with Gasteiger partial charge in [0.2, 0.25) is 5.28 Å². The SMILES string of the molecule is Cc1nc2cc(Cl)nc(-c3ccccc3)n2n1.Cc1nc2cc(Cl)nc(Cl)n2n1.OB(O)c1ccccc1. The fraction of sp³-hybridized carbons (Fsp3) is 0.0833. The lowest BCUT2D eigenvalue weighted by molar-refractivity contribution is 0.426. The largest absolute Gasteiger partial charge is 0.488 e. The van der Waals surface area contributed by atoms with E-state index in [4.69, 9.17) is 44.9 Å². The van der Waals surface area contributed by atoms with Gasteiger partial charge in [-0.1, -0.05) is 83.9 Å². The molecule has 4 heterocycles. The summed E-state index contributed by atoms with van der Waals surface area (Å²) in [5.41, 5.74) is 2.81. The van der Waals surface area contributed by atoms with E-state index < -0.39 is 7.12 Å². The van der Waals surface area contributed by atoms with Crippen LogP contribution in [-0.2, 0) is 0 Å². The van der Waals surface area contributed by atoms with Crippen LogP contribution in [0.25, 0.3) is 22.7 Å². The van der Waals surface area contributed by atoms with Crippen molar-refractivity contribution in [2.45, 2.75) is 13.8 Å². The first-order valence-corrected chi connectivity index (χ1v) is 12.3. The predicted molar refractivity (Wildman–Crippen MR) is 148 cm³/mol. The molecule has 0 aliphatic rings. The highest BCUT2D eigenvalue weighted by Gasteiger charge is 2.10. The molecule has 6 aromatic rings. The van der Waals surface area contributed by atoms with Crippen LogP contribution in [0.3, 0.4) is 0 Å². The molecular formula is C24H20BCl3N8O2. The van der Waals surface area contributed by atoms with Crippen LogP contribution in [0.15, 0.2) is 72.8 Å². The average Bonchev–Trinajstić information content (AvgIpc) is 3.46. The van der Waals surface area contributed by atoms with E-state index in [-0.39, 0.29) is 5.28 Å². The molecule has 0 amide bonds. The first-order chi connectivity index (χ1) is 18.2. The molecule has 2 aromatic carbocycles. The molecule has 0 aliphatic carbocycles. The molecule has 38 heavy (non-hydrogen) atoms. The number of benzene rings is 2. The Kier molecular flexibility index (Phi) is 8.87. The van der Waals surface area contributed by atoms with Gasteiger partial charge in [0.1, 0.15) is 22.0 Å². The van der Waals surface area contributed by atoms with Gasteiger partial charge in [0, 0.05) is 17.7 Å². The second-order valence-corrected chi connectivity index (χ2v) is 8.87. The van der Waals surface area contributed by atoms with Crippen LogP contribution < -0.4 is 5.46 Å². The Morgan fingerprint density at radius 2 is 1.16 bits per heavy atom. The number of hydrogen-bond donors (Lipinski definition) is 2. The van der Waals surface area contributed by atoms with Gasteiger partial charge in [-0.2, -0.15) is 9.03 Å². The van der Waals surface area contributed by atoms with Crippen LogP contribution in [0.2, 0.25) is 15.6 Å². The number of aromatic nitrogens is 8. The molecule has 0 spiro atoms. The molecule has 4 aromatic heterocycles. The van der Waals surface area contributed by atoms with E-state index in [1.807, 2.05) is 43.3 Å². The van der Waals surface area contributed by atoms with Crippen molar-refractivity contribution >= 4 is 58.7 Å². The van der Waals surface area contributed by atoms with E-state index in [0.29, 0.717) is 44.5 Å². The van der Waals surface area contributed by atoms with Crippen molar-refractivity contribution < 1.29 is 10.0 Å². The number of halogens is 3. The number of rotatable bonds is 2. The van der Waals surface area contributed by atoms with Gasteiger partial charge in [0.25, 0.3) is 0 Å². The van der Waals surface area contributed by atoms with Gasteiger partial charge >= 0.3 is 7.12 Å². The quantitative estimate of drug-likeness (QED) is 0.183. The molecule has 14 heteroatoms. The van der Waals surface area contributed by atoms with Gasteiger partial charge in [0.15, 0.2) is 17.1 Å². The maximum absolute atomic E-state index is 8.58. The monoisotopic (exact) mass is 568 g/mol. The lowest BCUT2D eigenvalue weighted by atomic mass is 9.81. The zero-order chi connectivity index (χ0) is 27.2. The number of aryl methyl sites for hydroxylation is 2. The first kappa shape index (κ1) is 27.4. The highest BCUT2D eigenvalue weighted by atomic mass is 35.5. The highest BCUT2D eigenvalue weighted by molar-refractivity contribution is 6.58. The fourth-order valence-corrected chi connectivity index (χ4v) is 3.92. The van der Waals surface area contributed by atoms with Crippen LogP contribution in [-0.4, -0.2) is 56.3 Å². The number of hydrogen-bond acceptors (Lipinski definition) is 8. The van der Waals surface area contributed by atoms with Crippen LogP contribution in [0.5, 0.6) is 0 Å². The lowest BCUT2D eigenvalue weighted by Crippen LogP contribution is -2.29. The second-order valence-electron chi connectivity index (χ2n) is 7.76. The van der Waals surface area contributed by atoms with Crippen molar-refractivity contribution in [1.82, 2.24) is 39.2 Å². The molecule has 0 atom stereocenters. The summed E-state index contributed by atoms with van der Waals surface area (Å²) < 4.78 is 3.14. The number of nitrogens with zero attached hydrogens (tertiary/aromatic N) is 8.